The van der Waals surface area contributed by atoms with Crippen LogP contribution in [0.15, 0.2) is 65.9 Å². The Bertz CT molecular complexity index is 1930. The van der Waals surface area contributed by atoms with Gasteiger partial charge in [0.2, 0.25) is 11.7 Å². The van der Waals surface area contributed by atoms with Crippen LogP contribution in [0.25, 0.3) is 0 Å². The van der Waals surface area contributed by atoms with Crippen molar-refractivity contribution in [3.8, 4) is 23.0 Å². The third-order valence-corrected chi connectivity index (χ3v) is 13.5. The van der Waals surface area contributed by atoms with Crippen LogP contribution in [0.2, 0.25) is 0 Å². The molecular weight excluding hydrogens is 835 g/mol. The largest absolute Gasteiger partial charge is 0.497 e. The van der Waals surface area contributed by atoms with Gasteiger partial charge in [-0.15, -0.1) is 6.58 Å². The lowest BCUT2D eigenvalue weighted by atomic mass is 9.55. The number of nitrogens with one attached hydrogen (secondary N) is 1. The zero-order chi connectivity index (χ0) is 46.2. The number of anilines is 1. The number of carbonyl (C=O) groups excluding carboxylic acids is 2. The summed E-state index contributed by atoms with van der Waals surface area (Å²) in [4.78, 5) is 36.2. The van der Waals surface area contributed by atoms with Crippen LogP contribution in [0.3, 0.4) is 0 Å². The molecule has 15 heteroatoms. The van der Waals surface area contributed by atoms with Crippen LogP contribution in [-0.4, -0.2) is 117 Å². The first kappa shape index (κ1) is 49.8. The van der Waals surface area contributed by atoms with Crippen LogP contribution in [0.5, 0.6) is 23.0 Å². The molecule has 6 atom stereocenters. The van der Waals surface area contributed by atoms with Crippen molar-refractivity contribution >= 4 is 23.4 Å². The number of hydrogen-bond acceptors (Lipinski definition) is 13. The summed E-state index contributed by atoms with van der Waals surface area (Å²) in [6.07, 6.45) is 13.6. The highest BCUT2D eigenvalue weighted by Gasteiger charge is 2.65. The maximum atomic E-state index is 14.8. The summed E-state index contributed by atoms with van der Waals surface area (Å²) in [7, 11) is 3.06. The lowest BCUT2D eigenvalue weighted by Gasteiger charge is -2.60. The molecule has 2 aromatic rings. The Hall–Kier alpha value is -4.67. The van der Waals surface area contributed by atoms with E-state index in [1.807, 2.05) is 24.0 Å². The monoisotopic (exact) mass is 906 g/mol. The van der Waals surface area contributed by atoms with Gasteiger partial charge in [0, 0.05) is 50.1 Å². The molecule has 65 heavy (non-hydrogen) atoms. The molecule has 4 aliphatic rings. The lowest BCUT2D eigenvalue weighted by Crippen LogP contribution is -2.70. The van der Waals surface area contributed by atoms with Gasteiger partial charge in [-0.05, 0) is 92.7 Å². The number of aliphatic hydroxyl groups excluding tert-OH is 3. The molecule has 0 bridgehead atoms. The van der Waals surface area contributed by atoms with E-state index in [0.29, 0.717) is 66.2 Å². The molecule has 2 aromatic carbocycles. The maximum Gasteiger partial charge on any atom is 0.417 e. The van der Waals surface area contributed by atoms with Gasteiger partial charge in [-0.25, -0.2) is 4.79 Å². The minimum absolute atomic E-state index is 0.0226. The standard InChI is InChI=1S/C50H71N3O12/c1-5-27-62-50-45(53(23-28-61-29-26-56)46(57)22-17-34-13-7-8-14-34)33-42(52-63-6-2)39-30-35(15-9-11-24-54)38(16-10-12-25-55)47(48(39)50)40-31-37(19-21-43(40)65-50)64-49(58)51-41-20-18-36(59-3)32-44(41)60-4/h5,18-21,30-32,34-35,38,45,47-48,54-56H,1,6-17,22-29,33H2,2-4H3,(H,51,58)/t35-,38+,45-,47+,48+,50+/m0/s1. The highest BCUT2D eigenvalue weighted by atomic mass is 16.7. The third-order valence-electron chi connectivity index (χ3n) is 13.5. The molecule has 1 aliphatic heterocycles. The first-order chi connectivity index (χ1) is 31.7. The SMILES string of the molecule is C=CCO[C@@]12Oc3ccc(OC(=O)Nc4ccc(OC)cc4OC)cc3[C@H]3[C@H](CCCCO)[C@@H](CCCCO)C=C(C(=NOCC)C[C@@H]1N(CCOCCO)C(=O)CCC1CCCC1)[C@H]32. The van der Waals surface area contributed by atoms with E-state index in [1.165, 1.54) is 20.0 Å². The number of hydrogen-bond donors (Lipinski definition) is 4. The number of fused-ring (bicyclic) bond motifs is 2. The number of benzene rings is 2. The molecule has 0 aromatic heterocycles. The van der Waals surface area contributed by atoms with Crippen LogP contribution >= 0.6 is 0 Å². The molecule has 15 nitrogen and oxygen atoms in total. The van der Waals surface area contributed by atoms with Gasteiger partial charge in [0.25, 0.3) is 0 Å². The second kappa shape index (κ2) is 24.7. The van der Waals surface area contributed by atoms with E-state index in [2.05, 4.69) is 18.0 Å². The van der Waals surface area contributed by atoms with Crippen LogP contribution < -0.4 is 24.3 Å². The Morgan fingerprint density at radius 1 is 0.954 bits per heavy atom. The zero-order valence-electron chi connectivity index (χ0n) is 38.5. The number of carbonyl (C=O) groups is 2. The van der Waals surface area contributed by atoms with Crippen molar-refractivity contribution in [1.82, 2.24) is 4.90 Å². The van der Waals surface area contributed by atoms with Crippen molar-refractivity contribution in [2.24, 2.45) is 28.8 Å². The van der Waals surface area contributed by atoms with Crippen molar-refractivity contribution in [2.45, 2.75) is 108 Å². The van der Waals surface area contributed by atoms with Gasteiger partial charge in [-0.3, -0.25) is 10.1 Å². The van der Waals surface area contributed by atoms with Crippen molar-refractivity contribution in [3.05, 3.63) is 66.3 Å². The lowest BCUT2D eigenvalue weighted by molar-refractivity contribution is -0.258. The Balaban J connectivity index is 1.50. The molecule has 358 valence electrons. The number of amides is 2. The molecule has 4 N–H and O–H groups in total. The fourth-order valence-corrected chi connectivity index (χ4v) is 10.6. The quantitative estimate of drug-likeness (QED) is 0.0409. The van der Waals surface area contributed by atoms with Crippen molar-refractivity contribution in [2.75, 3.05) is 72.3 Å². The van der Waals surface area contributed by atoms with Crippen LogP contribution in [-0.2, 0) is 19.1 Å². The molecular formula is C50H71N3O12. The Morgan fingerprint density at radius 3 is 2.43 bits per heavy atom. The zero-order valence-corrected chi connectivity index (χ0v) is 38.5. The van der Waals surface area contributed by atoms with Crippen LogP contribution in [0.4, 0.5) is 10.5 Å². The minimum Gasteiger partial charge on any atom is -0.497 e. The smallest absolute Gasteiger partial charge is 0.417 e. The number of oxime groups is 1. The fourth-order valence-electron chi connectivity index (χ4n) is 10.6. The number of methoxy groups -OCH3 is 2. The molecule has 0 radical (unpaired) electrons. The third kappa shape index (κ3) is 12.0. The summed E-state index contributed by atoms with van der Waals surface area (Å²) in [6.45, 7) is 6.91. The summed E-state index contributed by atoms with van der Waals surface area (Å²) in [5.74, 6) is -0.0414. The van der Waals surface area contributed by atoms with Gasteiger partial charge < -0.3 is 53.5 Å². The maximum absolute atomic E-state index is 14.8. The van der Waals surface area contributed by atoms with Gasteiger partial charge in [0.1, 0.15) is 35.6 Å². The molecule has 0 unspecified atom stereocenters. The number of allylic oxidation sites excluding steroid dienone is 1. The van der Waals surface area contributed by atoms with E-state index >= 15 is 0 Å². The molecule has 2 fully saturated rings. The molecule has 6 rings (SSSR count). The fraction of sp³-hybridized carbons (Fsp3) is 0.620. The number of ether oxygens (including phenoxy) is 6. The van der Waals surface area contributed by atoms with E-state index < -0.39 is 23.8 Å². The molecule has 1 heterocycles. The second-order valence-electron chi connectivity index (χ2n) is 17.4. The van der Waals surface area contributed by atoms with Crippen molar-refractivity contribution in [1.29, 1.82) is 0 Å². The number of unbranched alkanes of at least 4 members (excludes halogenated alkanes) is 2. The second-order valence-corrected chi connectivity index (χ2v) is 17.4. The summed E-state index contributed by atoms with van der Waals surface area (Å²) in [6, 6.07) is 9.73. The van der Waals surface area contributed by atoms with Gasteiger partial charge >= 0.3 is 6.09 Å². The average Bonchev–Trinajstić information content (AvgIpc) is 3.85. The van der Waals surface area contributed by atoms with Gasteiger partial charge in [-0.1, -0.05) is 55.8 Å². The van der Waals surface area contributed by atoms with E-state index in [0.717, 1.165) is 56.1 Å². The molecule has 3 aliphatic carbocycles. The predicted octanol–water partition coefficient (Wildman–Crippen LogP) is 7.78. The number of nitrogens with zero attached hydrogens (tertiary/aromatic N) is 2. The highest BCUT2D eigenvalue weighted by molar-refractivity contribution is 6.03. The first-order valence-corrected chi connectivity index (χ1v) is 23.6. The van der Waals surface area contributed by atoms with Crippen molar-refractivity contribution in [3.63, 3.8) is 0 Å². The number of rotatable bonds is 26. The summed E-state index contributed by atoms with van der Waals surface area (Å²) < 4.78 is 37.1. The summed E-state index contributed by atoms with van der Waals surface area (Å²) in [5.41, 5.74) is 2.82. The summed E-state index contributed by atoms with van der Waals surface area (Å²) in [5, 5.41) is 37.1. The van der Waals surface area contributed by atoms with Gasteiger partial charge in [0.05, 0.1) is 58.0 Å². The summed E-state index contributed by atoms with van der Waals surface area (Å²) >= 11 is 0. The molecule has 2 saturated carbocycles. The Labute approximate surface area is 384 Å². The normalized spacial score (nSPS) is 24.0. The molecule has 0 spiro atoms. The predicted molar refractivity (Wildman–Crippen MR) is 247 cm³/mol. The van der Waals surface area contributed by atoms with E-state index in [4.69, 9.17) is 38.4 Å². The van der Waals surface area contributed by atoms with E-state index in [1.54, 1.807) is 37.5 Å². The highest BCUT2D eigenvalue weighted by Crippen LogP contribution is 2.62. The first-order valence-electron chi connectivity index (χ1n) is 23.6. The van der Waals surface area contributed by atoms with Gasteiger partial charge in [0.15, 0.2) is 0 Å². The van der Waals surface area contributed by atoms with E-state index in [9.17, 15) is 24.9 Å². The van der Waals surface area contributed by atoms with Crippen LogP contribution in [0, 0.1) is 23.7 Å². The number of aliphatic hydroxyl groups is 3. The topological polar surface area (TPSA) is 187 Å². The average molecular weight is 906 g/mol. The van der Waals surface area contributed by atoms with Crippen LogP contribution in [0.1, 0.15) is 102 Å². The Morgan fingerprint density at radius 2 is 1.72 bits per heavy atom. The molecule has 0 saturated heterocycles. The van der Waals surface area contributed by atoms with Gasteiger partial charge in [-0.2, -0.15) is 0 Å². The Kier molecular flexibility index (Phi) is 18.9. The van der Waals surface area contributed by atoms with E-state index in [-0.39, 0.29) is 76.3 Å². The van der Waals surface area contributed by atoms with Crippen molar-refractivity contribution < 1.29 is 58.2 Å². The molecule has 2 amide bonds. The minimum atomic E-state index is -1.45.